The average molecular weight is 415 g/mol. The van der Waals surface area contributed by atoms with Gasteiger partial charge in [0.25, 0.3) is 5.91 Å². The lowest BCUT2D eigenvalue weighted by Crippen LogP contribution is -2.13. The van der Waals surface area contributed by atoms with Crippen LogP contribution in [0.4, 0.5) is 11.4 Å². The van der Waals surface area contributed by atoms with Gasteiger partial charge < -0.3 is 24.8 Å². The lowest BCUT2D eigenvalue weighted by molar-refractivity contribution is -0.114. The number of hydrogen-bond acceptors (Lipinski definition) is 5. The number of anilines is 2. The number of unbranched alkanes of at least 4 members (excludes halogenated alkanes) is 3. The second-order valence-electron chi connectivity index (χ2n) is 6.83. The van der Waals surface area contributed by atoms with Gasteiger partial charge in [0.05, 0.1) is 26.5 Å². The maximum Gasteiger partial charge on any atom is 0.255 e. The lowest BCUT2D eigenvalue weighted by Gasteiger charge is -2.14. The molecule has 0 heterocycles. The molecule has 2 N–H and O–H groups in total. The number of ether oxygens (including phenoxy) is 3. The first-order valence-electron chi connectivity index (χ1n) is 10.1. The monoisotopic (exact) mass is 414 g/mol. The Kier molecular flexibility index (Phi) is 9.00. The largest absolute Gasteiger partial charge is 0.495 e. The van der Waals surface area contributed by atoms with Gasteiger partial charge in [-0.15, -0.1) is 0 Å². The van der Waals surface area contributed by atoms with E-state index in [-0.39, 0.29) is 11.8 Å². The minimum atomic E-state index is -0.304. The molecule has 2 aromatic rings. The Morgan fingerprint density at radius 1 is 0.867 bits per heavy atom. The van der Waals surface area contributed by atoms with Gasteiger partial charge in [0.15, 0.2) is 11.5 Å². The molecule has 0 fully saturated rings. The second-order valence-corrected chi connectivity index (χ2v) is 6.83. The molecule has 0 radical (unpaired) electrons. The first-order valence-corrected chi connectivity index (χ1v) is 10.1. The molecule has 0 aliphatic heterocycles. The highest BCUT2D eigenvalue weighted by Crippen LogP contribution is 2.30. The van der Waals surface area contributed by atoms with Crippen molar-refractivity contribution in [2.75, 3.05) is 31.5 Å². The van der Waals surface area contributed by atoms with Crippen molar-refractivity contribution in [2.45, 2.75) is 39.5 Å². The standard InChI is InChI=1S/C23H30N2O5/c1-5-6-7-8-13-30-21-11-9-17(14-22(21)29-4)23(27)25-18-10-12-20(28-3)19(15-18)24-16(2)26/h9-12,14-15H,5-8,13H2,1-4H3,(H,24,26)(H,25,27). The third-order valence-corrected chi connectivity index (χ3v) is 4.45. The van der Waals surface area contributed by atoms with Gasteiger partial charge in [-0.3, -0.25) is 9.59 Å². The maximum absolute atomic E-state index is 12.7. The minimum absolute atomic E-state index is 0.230. The number of hydrogen-bond donors (Lipinski definition) is 2. The Balaban J connectivity index is 2.08. The van der Waals surface area contributed by atoms with Gasteiger partial charge in [-0.25, -0.2) is 0 Å². The molecule has 0 spiro atoms. The summed E-state index contributed by atoms with van der Waals surface area (Å²) in [6, 6.07) is 10.1. The van der Waals surface area contributed by atoms with Gasteiger partial charge in [-0.05, 0) is 42.8 Å². The molecule has 2 rings (SSSR count). The summed E-state index contributed by atoms with van der Waals surface area (Å²) >= 11 is 0. The smallest absolute Gasteiger partial charge is 0.255 e. The zero-order valence-corrected chi connectivity index (χ0v) is 18.0. The fourth-order valence-electron chi connectivity index (χ4n) is 2.92. The number of benzene rings is 2. The molecule has 0 aliphatic carbocycles. The van der Waals surface area contributed by atoms with Gasteiger partial charge in [-0.2, -0.15) is 0 Å². The predicted octanol–water partition coefficient (Wildman–Crippen LogP) is 4.87. The van der Waals surface area contributed by atoms with Crippen LogP contribution in [0.25, 0.3) is 0 Å². The quantitative estimate of drug-likeness (QED) is 0.512. The van der Waals surface area contributed by atoms with Gasteiger partial charge >= 0.3 is 0 Å². The number of methoxy groups -OCH3 is 2. The zero-order valence-electron chi connectivity index (χ0n) is 18.0. The summed E-state index contributed by atoms with van der Waals surface area (Å²) in [6.45, 7) is 4.18. The summed E-state index contributed by atoms with van der Waals surface area (Å²) < 4.78 is 16.4. The number of nitrogens with one attached hydrogen (secondary N) is 2. The van der Waals surface area contributed by atoms with Gasteiger partial charge in [0, 0.05) is 18.2 Å². The molecule has 30 heavy (non-hydrogen) atoms. The van der Waals surface area contributed by atoms with Crippen LogP contribution in [0.2, 0.25) is 0 Å². The molecule has 0 saturated heterocycles. The highest BCUT2D eigenvalue weighted by molar-refractivity contribution is 6.05. The van der Waals surface area contributed by atoms with E-state index >= 15 is 0 Å². The van der Waals surface area contributed by atoms with E-state index in [2.05, 4.69) is 17.6 Å². The van der Waals surface area contributed by atoms with Crippen LogP contribution in [-0.4, -0.2) is 32.6 Å². The molecule has 7 nitrogen and oxygen atoms in total. The third kappa shape index (κ3) is 6.69. The summed E-state index contributed by atoms with van der Waals surface area (Å²) in [5.74, 6) is 1.09. The Morgan fingerprint density at radius 2 is 1.60 bits per heavy atom. The Bertz CT molecular complexity index is 867. The van der Waals surface area contributed by atoms with Crippen LogP contribution in [0, 0.1) is 0 Å². The first-order chi connectivity index (χ1) is 14.5. The van der Waals surface area contributed by atoms with Gasteiger partial charge in [0.1, 0.15) is 5.75 Å². The van der Waals surface area contributed by atoms with E-state index in [4.69, 9.17) is 14.2 Å². The Labute approximate surface area is 177 Å². The molecule has 0 saturated carbocycles. The summed E-state index contributed by atoms with van der Waals surface area (Å²) in [7, 11) is 3.06. The number of rotatable bonds is 11. The Hall–Kier alpha value is -3.22. The highest BCUT2D eigenvalue weighted by atomic mass is 16.5. The van der Waals surface area contributed by atoms with Crippen LogP contribution >= 0.6 is 0 Å². The van der Waals surface area contributed by atoms with Crippen LogP contribution in [0.3, 0.4) is 0 Å². The molecule has 162 valence electrons. The zero-order chi connectivity index (χ0) is 21.9. The van der Waals surface area contributed by atoms with E-state index in [9.17, 15) is 9.59 Å². The molecule has 0 unspecified atom stereocenters. The van der Waals surface area contributed by atoms with Crippen LogP contribution < -0.4 is 24.8 Å². The average Bonchev–Trinajstić information content (AvgIpc) is 2.73. The molecular weight excluding hydrogens is 384 g/mol. The van der Waals surface area contributed by atoms with Crippen molar-refractivity contribution in [3.63, 3.8) is 0 Å². The first kappa shape index (κ1) is 23.1. The van der Waals surface area contributed by atoms with Crippen molar-refractivity contribution in [3.8, 4) is 17.2 Å². The van der Waals surface area contributed by atoms with Crippen LogP contribution in [0.5, 0.6) is 17.2 Å². The van der Waals surface area contributed by atoms with Crippen molar-refractivity contribution < 1.29 is 23.8 Å². The number of carbonyl (C=O) groups excluding carboxylic acids is 2. The van der Waals surface area contributed by atoms with E-state index in [0.717, 1.165) is 12.8 Å². The fraction of sp³-hybridized carbons (Fsp3) is 0.391. The topological polar surface area (TPSA) is 85.9 Å². The fourth-order valence-corrected chi connectivity index (χ4v) is 2.92. The van der Waals surface area contributed by atoms with Crippen molar-refractivity contribution in [1.82, 2.24) is 0 Å². The molecule has 2 amide bonds. The van der Waals surface area contributed by atoms with Crippen molar-refractivity contribution in [1.29, 1.82) is 0 Å². The van der Waals surface area contributed by atoms with Crippen molar-refractivity contribution >= 4 is 23.2 Å². The molecule has 2 aromatic carbocycles. The van der Waals surface area contributed by atoms with E-state index in [1.54, 1.807) is 43.5 Å². The SMILES string of the molecule is CCCCCCOc1ccc(C(=O)Nc2ccc(OC)c(NC(C)=O)c2)cc1OC. The van der Waals surface area contributed by atoms with Crippen molar-refractivity contribution in [3.05, 3.63) is 42.0 Å². The maximum atomic E-state index is 12.7. The van der Waals surface area contributed by atoms with Crippen LogP contribution in [0.15, 0.2) is 36.4 Å². The number of amides is 2. The normalized spacial score (nSPS) is 10.3. The molecule has 0 aliphatic rings. The third-order valence-electron chi connectivity index (χ3n) is 4.45. The lowest BCUT2D eigenvalue weighted by atomic mass is 10.1. The van der Waals surface area contributed by atoms with Gasteiger partial charge in [-0.1, -0.05) is 26.2 Å². The van der Waals surface area contributed by atoms with Crippen LogP contribution in [0.1, 0.15) is 49.9 Å². The predicted molar refractivity (Wildman–Crippen MR) is 118 cm³/mol. The van der Waals surface area contributed by atoms with Crippen molar-refractivity contribution in [2.24, 2.45) is 0 Å². The van der Waals surface area contributed by atoms with E-state index in [1.165, 1.54) is 26.9 Å². The molecular formula is C23H30N2O5. The molecule has 0 atom stereocenters. The highest BCUT2D eigenvalue weighted by Gasteiger charge is 2.13. The van der Waals surface area contributed by atoms with E-state index in [1.807, 2.05) is 0 Å². The van der Waals surface area contributed by atoms with Gasteiger partial charge in [0.2, 0.25) is 5.91 Å². The summed E-state index contributed by atoms with van der Waals surface area (Å²) in [5.41, 5.74) is 1.44. The van der Waals surface area contributed by atoms with E-state index < -0.39 is 0 Å². The van der Waals surface area contributed by atoms with Crippen LogP contribution in [-0.2, 0) is 4.79 Å². The summed E-state index contributed by atoms with van der Waals surface area (Å²) in [6.07, 6.45) is 4.47. The summed E-state index contributed by atoms with van der Waals surface area (Å²) in [4.78, 5) is 24.1. The summed E-state index contributed by atoms with van der Waals surface area (Å²) in [5, 5.41) is 5.50. The second kappa shape index (κ2) is 11.7. The minimum Gasteiger partial charge on any atom is -0.495 e. The molecule has 7 heteroatoms. The van der Waals surface area contributed by atoms with E-state index in [0.29, 0.717) is 40.8 Å². The molecule has 0 aromatic heterocycles. The molecule has 0 bridgehead atoms. The Morgan fingerprint density at radius 3 is 2.27 bits per heavy atom. The number of carbonyl (C=O) groups is 2.